The van der Waals surface area contributed by atoms with Gasteiger partial charge >= 0.3 is 0 Å². The first kappa shape index (κ1) is 15.5. The molecule has 120 valence electrons. The molecule has 2 aromatic rings. The smallest absolute Gasteiger partial charge is 0.0589 e. The maximum absolute atomic E-state index is 5.71. The lowest BCUT2D eigenvalue weighted by Crippen LogP contribution is -2.21. The summed E-state index contributed by atoms with van der Waals surface area (Å²) in [4.78, 5) is 2.46. The molecule has 0 saturated heterocycles. The molecule has 22 heavy (non-hydrogen) atoms. The summed E-state index contributed by atoms with van der Waals surface area (Å²) in [6.07, 6.45) is 2.13. The first-order chi connectivity index (χ1) is 10.7. The topological polar surface area (TPSA) is 43.4 Å². The number of nitrogens with two attached hydrogens (primary N) is 1. The third kappa shape index (κ3) is 2.67. The van der Waals surface area contributed by atoms with Crippen LogP contribution in [0.15, 0.2) is 12.1 Å². The van der Waals surface area contributed by atoms with E-state index in [1.54, 1.807) is 7.11 Å². The molecule has 1 aliphatic heterocycles. The van der Waals surface area contributed by atoms with Crippen molar-refractivity contribution in [2.45, 2.75) is 32.9 Å². The number of methoxy groups -OCH3 is 1. The van der Waals surface area contributed by atoms with Crippen LogP contribution in [0, 0.1) is 6.92 Å². The monoisotopic (exact) mass is 301 g/mol. The second-order valence-corrected chi connectivity index (χ2v) is 6.36. The van der Waals surface area contributed by atoms with Gasteiger partial charge in [-0.2, -0.15) is 0 Å². The van der Waals surface area contributed by atoms with Crippen molar-refractivity contribution in [1.82, 2.24) is 9.47 Å². The highest BCUT2D eigenvalue weighted by Gasteiger charge is 2.21. The molecule has 0 atom stereocenters. The highest BCUT2D eigenvalue weighted by Crippen LogP contribution is 2.32. The Kier molecular flexibility index (Phi) is 4.52. The van der Waals surface area contributed by atoms with E-state index in [1.807, 2.05) is 0 Å². The number of nitrogens with zero attached hydrogens (tertiary/aromatic N) is 2. The highest BCUT2D eigenvalue weighted by atomic mass is 16.5. The molecule has 0 aliphatic carbocycles. The number of fused-ring (bicyclic) bond motifs is 2. The van der Waals surface area contributed by atoms with Crippen molar-refractivity contribution in [2.75, 3.05) is 26.8 Å². The van der Waals surface area contributed by atoms with Gasteiger partial charge in [-0.15, -0.1) is 0 Å². The quantitative estimate of drug-likeness (QED) is 0.890. The molecule has 0 radical (unpaired) electrons. The summed E-state index contributed by atoms with van der Waals surface area (Å²) in [6.45, 7) is 6.86. The van der Waals surface area contributed by atoms with E-state index in [4.69, 9.17) is 10.5 Å². The molecule has 1 aliphatic rings. The average molecular weight is 301 g/mol. The van der Waals surface area contributed by atoms with E-state index in [2.05, 4.69) is 35.6 Å². The second-order valence-electron chi connectivity index (χ2n) is 6.36. The molecule has 0 spiro atoms. The normalized spacial score (nSPS) is 14.9. The summed E-state index contributed by atoms with van der Waals surface area (Å²) in [5.41, 5.74) is 12.9. The van der Waals surface area contributed by atoms with Gasteiger partial charge in [-0.05, 0) is 55.1 Å². The fourth-order valence-electron chi connectivity index (χ4n) is 3.58. The zero-order valence-electron chi connectivity index (χ0n) is 14.0. The van der Waals surface area contributed by atoms with Crippen molar-refractivity contribution in [3.05, 3.63) is 34.5 Å². The molecular weight excluding hydrogens is 274 g/mol. The maximum Gasteiger partial charge on any atom is 0.0589 e. The summed E-state index contributed by atoms with van der Waals surface area (Å²) in [5.74, 6) is 0. The van der Waals surface area contributed by atoms with E-state index in [-0.39, 0.29) is 0 Å². The Hall–Kier alpha value is -1.36. The number of aryl methyl sites for hydroxylation is 2. The van der Waals surface area contributed by atoms with Crippen LogP contribution in [-0.2, 0) is 31.3 Å². The van der Waals surface area contributed by atoms with Gasteiger partial charge in [0, 0.05) is 50.4 Å². The van der Waals surface area contributed by atoms with E-state index in [9.17, 15) is 0 Å². The molecule has 0 bridgehead atoms. The zero-order valence-corrected chi connectivity index (χ0v) is 14.0. The molecule has 2 N–H and O–H groups in total. The fourth-order valence-corrected chi connectivity index (χ4v) is 3.58. The van der Waals surface area contributed by atoms with Crippen LogP contribution in [0.1, 0.15) is 28.8 Å². The van der Waals surface area contributed by atoms with Gasteiger partial charge in [0.2, 0.25) is 0 Å². The standard InChI is InChI=1S/C18H27N3O/c1-13-16(5-4-6-19)17-9-14-11-21(7-8-22-3)12-15(14)10-18(17)20(13)2/h9-10H,4-8,11-12,19H2,1-3H3. The van der Waals surface area contributed by atoms with E-state index < -0.39 is 0 Å². The fraction of sp³-hybridized carbons (Fsp3) is 0.556. The third-order valence-corrected chi connectivity index (χ3v) is 4.97. The van der Waals surface area contributed by atoms with Gasteiger partial charge < -0.3 is 15.0 Å². The molecule has 0 saturated carbocycles. The zero-order chi connectivity index (χ0) is 15.7. The molecule has 1 aromatic heterocycles. The van der Waals surface area contributed by atoms with Crippen LogP contribution in [0.5, 0.6) is 0 Å². The van der Waals surface area contributed by atoms with Crippen molar-refractivity contribution in [3.8, 4) is 0 Å². The van der Waals surface area contributed by atoms with Crippen LogP contribution in [0.25, 0.3) is 10.9 Å². The predicted octanol–water partition coefficient (Wildman–Crippen LogP) is 2.34. The molecule has 0 amide bonds. The Morgan fingerprint density at radius 2 is 1.95 bits per heavy atom. The Labute approximate surface area is 132 Å². The summed E-state index contributed by atoms with van der Waals surface area (Å²) >= 11 is 0. The number of hydrogen-bond donors (Lipinski definition) is 1. The average Bonchev–Trinajstić information content (AvgIpc) is 3.02. The number of ether oxygens (including phenoxy) is 1. The lowest BCUT2D eigenvalue weighted by atomic mass is 10.0. The SMILES string of the molecule is COCCN1Cc2cc3c(CCCN)c(C)n(C)c3cc2C1. The maximum atomic E-state index is 5.71. The van der Waals surface area contributed by atoms with E-state index >= 15 is 0 Å². The molecule has 3 rings (SSSR count). The van der Waals surface area contributed by atoms with Gasteiger partial charge in [-0.25, -0.2) is 0 Å². The summed E-state index contributed by atoms with van der Waals surface area (Å²) < 4.78 is 7.54. The van der Waals surface area contributed by atoms with Crippen molar-refractivity contribution < 1.29 is 4.74 Å². The lowest BCUT2D eigenvalue weighted by molar-refractivity contribution is 0.147. The van der Waals surface area contributed by atoms with Crippen molar-refractivity contribution in [1.29, 1.82) is 0 Å². The largest absolute Gasteiger partial charge is 0.383 e. The van der Waals surface area contributed by atoms with Crippen molar-refractivity contribution >= 4 is 10.9 Å². The Morgan fingerprint density at radius 3 is 2.64 bits per heavy atom. The molecule has 4 nitrogen and oxygen atoms in total. The predicted molar refractivity (Wildman–Crippen MR) is 91.0 cm³/mol. The van der Waals surface area contributed by atoms with Gasteiger partial charge in [0.05, 0.1) is 6.61 Å². The van der Waals surface area contributed by atoms with Crippen LogP contribution in [0.3, 0.4) is 0 Å². The van der Waals surface area contributed by atoms with E-state index in [1.165, 1.54) is 33.3 Å². The van der Waals surface area contributed by atoms with Gasteiger partial charge in [0.25, 0.3) is 0 Å². The van der Waals surface area contributed by atoms with Gasteiger partial charge in [0.15, 0.2) is 0 Å². The number of hydrogen-bond acceptors (Lipinski definition) is 3. The van der Waals surface area contributed by atoms with E-state index in [0.717, 1.165) is 45.6 Å². The Bertz CT molecular complexity index is 675. The highest BCUT2D eigenvalue weighted by molar-refractivity contribution is 5.87. The molecule has 0 fully saturated rings. The van der Waals surface area contributed by atoms with Crippen LogP contribution >= 0.6 is 0 Å². The molecule has 2 heterocycles. The lowest BCUT2D eigenvalue weighted by Gasteiger charge is -2.13. The molecule has 0 unspecified atom stereocenters. The minimum atomic E-state index is 0.756. The second kappa shape index (κ2) is 6.41. The molecular formula is C18H27N3O. The Balaban J connectivity index is 1.95. The van der Waals surface area contributed by atoms with Crippen LogP contribution < -0.4 is 5.73 Å². The van der Waals surface area contributed by atoms with Gasteiger partial charge in [-0.1, -0.05) is 0 Å². The minimum Gasteiger partial charge on any atom is -0.383 e. The molecule has 1 aromatic carbocycles. The number of aromatic nitrogens is 1. The van der Waals surface area contributed by atoms with Crippen LogP contribution in [-0.4, -0.2) is 36.3 Å². The van der Waals surface area contributed by atoms with Crippen LogP contribution in [0.2, 0.25) is 0 Å². The summed E-state index contributed by atoms with van der Waals surface area (Å²) in [5, 5.41) is 1.42. The first-order valence-corrected chi connectivity index (χ1v) is 8.16. The van der Waals surface area contributed by atoms with Crippen molar-refractivity contribution in [2.24, 2.45) is 12.8 Å². The minimum absolute atomic E-state index is 0.756. The van der Waals surface area contributed by atoms with Gasteiger partial charge in [-0.3, -0.25) is 4.90 Å². The summed E-state index contributed by atoms with van der Waals surface area (Å²) in [6, 6.07) is 4.80. The number of benzene rings is 1. The van der Waals surface area contributed by atoms with Crippen LogP contribution in [0.4, 0.5) is 0 Å². The molecule has 4 heteroatoms. The van der Waals surface area contributed by atoms with Crippen molar-refractivity contribution in [3.63, 3.8) is 0 Å². The first-order valence-electron chi connectivity index (χ1n) is 8.16. The summed E-state index contributed by atoms with van der Waals surface area (Å²) in [7, 11) is 3.94. The van der Waals surface area contributed by atoms with Gasteiger partial charge in [0.1, 0.15) is 0 Å². The number of rotatable bonds is 6. The third-order valence-electron chi connectivity index (χ3n) is 4.97. The Morgan fingerprint density at radius 1 is 1.23 bits per heavy atom. The van der Waals surface area contributed by atoms with E-state index in [0.29, 0.717) is 0 Å².